The van der Waals surface area contributed by atoms with Gasteiger partial charge in [0.25, 0.3) is 5.91 Å². The van der Waals surface area contributed by atoms with E-state index in [1.807, 2.05) is 11.0 Å². The van der Waals surface area contributed by atoms with E-state index in [0.717, 1.165) is 19.3 Å². The lowest BCUT2D eigenvalue weighted by Crippen LogP contribution is -2.47. The maximum atomic E-state index is 14.2. The smallest absolute Gasteiger partial charge is 0.294 e. The molecule has 178 valence electrons. The van der Waals surface area contributed by atoms with Gasteiger partial charge in [0.05, 0.1) is 5.69 Å². The minimum absolute atomic E-state index is 0.0110. The summed E-state index contributed by atoms with van der Waals surface area (Å²) in [7, 11) is 0. The number of fused-ring (bicyclic) bond motifs is 1. The largest absolute Gasteiger partial charge is 0.449 e. The van der Waals surface area contributed by atoms with Crippen molar-refractivity contribution in [2.45, 2.75) is 19.3 Å². The van der Waals surface area contributed by atoms with Gasteiger partial charge in [0.15, 0.2) is 11.5 Å². The molecule has 0 unspecified atom stereocenters. The number of amides is 2. The number of hydrogen-bond donors (Lipinski definition) is 0. The molecule has 0 aromatic heterocycles. The summed E-state index contributed by atoms with van der Waals surface area (Å²) >= 11 is 0. The summed E-state index contributed by atoms with van der Waals surface area (Å²) in [5.41, 5.74) is 2.11. The molecule has 0 radical (unpaired) electrons. The SMILES string of the molecule is O=C(CN1C(=O)C(=Cc2ccccc2F)Oc2ccccc21)N1CCC(Cc2ccccc2)CC1. The fourth-order valence-electron chi connectivity index (χ4n) is 4.72. The fourth-order valence-corrected chi connectivity index (χ4v) is 4.72. The Morgan fingerprint density at radius 1 is 0.943 bits per heavy atom. The van der Waals surface area contributed by atoms with Crippen LogP contribution in [-0.2, 0) is 16.0 Å². The van der Waals surface area contributed by atoms with Crippen molar-refractivity contribution in [1.82, 2.24) is 4.90 Å². The van der Waals surface area contributed by atoms with Crippen molar-refractivity contribution in [3.63, 3.8) is 0 Å². The molecule has 2 aliphatic rings. The van der Waals surface area contributed by atoms with Crippen LogP contribution < -0.4 is 9.64 Å². The molecule has 2 heterocycles. The molecule has 0 atom stereocenters. The number of ether oxygens (including phenoxy) is 1. The number of carbonyl (C=O) groups excluding carboxylic acids is 2. The Bertz CT molecular complexity index is 1250. The van der Waals surface area contributed by atoms with Gasteiger partial charge in [0.1, 0.15) is 12.4 Å². The van der Waals surface area contributed by atoms with Gasteiger partial charge in [0.2, 0.25) is 5.91 Å². The quantitative estimate of drug-likeness (QED) is 0.489. The van der Waals surface area contributed by atoms with Gasteiger partial charge in [-0.25, -0.2) is 4.39 Å². The van der Waals surface area contributed by atoms with Gasteiger partial charge < -0.3 is 9.64 Å². The maximum absolute atomic E-state index is 14.2. The number of para-hydroxylation sites is 2. The third kappa shape index (κ3) is 5.11. The van der Waals surface area contributed by atoms with Crippen LogP contribution in [0.2, 0.25) is 0 Å². The van der Waals surface area contributed by atoms with Gasteiger partial charge >= 0.3 is 0 Å². The summed E-state index contributed by atoms with van der Waals surface area (Å²) in [4.78, 5) is 29.8. The number of carbonyl (C=O) groups is 2. The molecule has 0 aliphatic carbocycles. The molecule has 3 aromatic rings. The first-order chi connectivity index (χ1) is 17.1. The second-order valence-electron chi connectivity index (χ2n) is 9.01. The summed E-state index contributed by atoms with van der Waals surface area (Å²) in [6, 6.07) is 23.7. The first kappa shape index (κ1) is 22.8. The van der Waals surface area contributed by atoms with E-state index in [2.05, 4.69) is 24.3 Å². The second kappa shape index (κ2) is 10.1. The Balaban J connectivity index is 1.29. The average molecular weight is 471 g/mol. The summed E-state index contributed by atoms with van der Waals surface area (Å²) in [5.74, 6) is -0.0105. The van der Waals surface area contributed by atoms with Crippen molar-refractivity contribution in [1.29, 1.82) is 0 Å². The molecule has 1 saturated heterocycles. The average Bonchev–Trinajstić information content (AvgIpc) is 2.89. The summed E-state index contributed by atoms with van der Waals surface area (Å²) in [5, 5.41) is 0. The van der Waals surface area contributed by atoms with Crippen LogP contribution in [0.15, 0.2) is 84.6 Å². The van der Waals surface area contributed by atoms with Crippen molar-refractivity contribution in [2.24, 2.45) is 5.92 Å². The van der Waals surface area contributed by atoms with Gasteiger partial charge in [-0.3, -0.25) is 14.5 Å². The number of nitrogens with zero attached hydrogens (tertiary/aromatic N) is 2. The van der Waals surface area contributed by atoms with E-state index in [4.69, 9.17) is 4.74 Å². The molecule has 0 bridgehead atoms. The lowest BCUT2D eigenvalue weighted by atomic mass is 9.90. The number of hydrogen-bond acceptors (Lipinski definition) is 3. The first-order valence-electron chi connectivity index (χ1n) is 11.9. The number of benzene rings is 3. The number of likely N-dealkylation sites (tertiary alicyclic amines) is 1. The number of piperidine rings is 1. The maximum Gasteiger partial charge on any atom is 0.294 e. The fraction of sp³-hybridized carbons (Fsp3) is 0.241. The van der Waals surface area contributed by atoms with Gasteiger partial charge in [0, 0.05) is 18.7 Å². The Labute approximate surface area is 204 Å². The van der Waals surface area contributed by atoms with E-state index >= 15 is 0 Å². The first-order valence-corrected chi connectivity index (χ1v) is 11.9. The highest BCUT2D eigenvalue weighted by atomic mass is 19.1. The monoisotopic (exact) mass is 470 g/mol. The summed E-state index contributed by atoms with van der Waals surface area (Å²) in [6.07, 6.45) is 4.28. The minimum atomic E-state index is -0.459. The molecule has 35 heavy (non-hydrogen) atoms. The van der Waals surface area contributed by atoms with Gasteiger partial charge in [-0.1, -0.05) is 60.7 Å². The minimum Gasteiger partial charge on any atom is -0.449 e. The standard InChI is InChI=1S/C29H27FN2O3/c30-24-11-5-4-10-23(24)19-27-29(34)32(25-12-6-7-13-26(25)35-27)20-28(33)31-16-14-22(15-17-31)18-21-8-2-1-3-9-21/h1-13,19,22H,14-18,20H2. The van der Waals surface area contributed by atoms with Crippen molar-refractivity contribution < 1.29 is 18.7 Å². The predicted octanol–water partition coefficient (Wildman–Crippen LogP) is 5.07. The molecular formula is C29H27FN2O3. The van der Waals surface area contributed by atoms with E-state index in [1.165, 1.54) is 22.6 Å². The second-order valence-corrected chi connectivity index (χ2v) is 9.01. The van der Waals surface area contributed by atoms with Crippen LogP contribution in [0.4, 0.5) is 10.1 Å². The molecule has 0 saturated carbocycles. The van der Waals surface area contributed by atoms with Crippen molar-refractivity contribution in [3.8, 4) is 5.75 Å². The molecule has 6 heteroatoms. The van der Waals surface area contributed by atoms with E-state index in [0.29, 0.717) is 30.4 Å². The lowest BCUT2D eigenvalue weighted by Gasteiger charge is -2.35. The molecule has 5 rings (SSSR count). The molecular weight excluding hydrogens is 443 g/mol. The van der Waals surface area contributed by atoms with Crippen LogP contribution >= 0.6 is 0 Å². The molecule has 0 N–H and O–H groups in total. The molecule has 0 spiro atoms. The third-order valence-corrected chi connectivity index (χ3v) is 6.65. The van der Waals surface area contributed by atoms with Gasteiger partial charge in [-0.15, -0.1) is 0 Å². The van der Waals surface area contributed by atoms with Gasteiger partial charge in [-0.05, 0) is 55.0 Å². The Morgan fingerprint density at radius 3 is 2.40 bits per heavy atom. The molecule has 5 nitrogen and oxygen atoms in total. The molecule has 3 aromatic carbocycles. The number of anilines is 1. The zero-order valence-corrected chi connectivity index (χ0v) is 19.4. The highest BCUT2D eigenvalue weighted by molar-refractivity contribution is 6.12. The van der Waals surface area contributed by atoms with Crippen LogP contribution in [0.1, 0.15) is 24.0 Å². The normalized spacial score (nSPS) is 17.3. The van der Waals surface area contributed by atoms with Crippen molar-refractivity contribution in [3.05, 3.63) is 102 Å². The molecule has 2 amide bonds. The zero-order chi connectivity index (χ0) is 24.2. The van der Waals surface area contributed by atoms with E-state index in [-0.39, 0.29) is 23.8 Å². The number of halogens is 1. The summed E-state index contributed by atoms with van der Waals surface area (Å²) < 4.78 is 20.0. The van der Waals surface area contributed by atoms with E-state index in [1.54, 1.807) is 42.5 Å². The van der Waals surface area contributed by atoms with Crippen molar-refractivity contribution in [2.75, 3.05) is 24.5 Å². The molecule has 2 aliphatic heterocycles. The van der Waals surface area contributed by atoms with Crippen LogP contribution in [0, 0.1) is 11.7 Å². The van der Waals surface area contributed by atoms with Crippen LogP contribution in [0.3, 0.4) is 0 Å². The Kier molecular flexibility index (Phi) is 6.62. The zero-order valence-electron chi connectivity index (χ0n) is 19.4. The van der Waals surface area contributed by atoms with Crippen LogP contribution in [-0.4, -0.2) is 36.3 Å². The number of rotatable bonds is 5. The third-order valence-electron chi connectivity index (χ3n) is 6.65. The highest BCUT2D eigenvalue weighted by Gasteiger charge is 2.33. The van der Waals surface area contributed by atoms with E-state index in [9.17, 15) is 14.0 Å². The van der Waals surface area contributed by atoms with Gasteiger partial charge in [-0.2, -0.15) is 0 Å². The highest BCUT2D eigenvalue weighted by Crippen LogP contribution is 2.36. The predicted molar refractivity (Wildman–Crippen MR) is 133 cm³/mol. The van der Waals surface area contributed by atoms with Crippen LogP contribution in [0.25, 0.3) is 6.08 Å². The van der Waals surface area contributed by atoms with Crippen LogP contribution in [0.5, 0.6) is 5.75 Å². The molecule has 1 fully saturated rings. The Morgan fingerprint density at radius 2 is 1.63 bits per heavy atom. The topological polar surface area (TPSA) is 49.9 Å². The van der Waals surface area contributed by atoms with E-state index < -0.39 is 11.7 Å². The van der Waals surface area contributed by atoms with Crippen molar-refractivity contribution >= 4 is 23.6 Å². The Hall–Kier alpha value is -3.93. The summed E-state index contributed by atoms with van der Waals surface area (Å²) in [6.45, 7) is 1.26. The lowest BCUT2D eigenvalue weighted by molar-refractivity contribution is -0.132.